The molecule has 3 heterocycles. The van der Waals surface area contributed by atoms with Crippen LogP contribution in [-0.4, -0.2) is 24.1 Å². The lowest BCUT2D eigenvalue weighted by atomic mass is 9.82. The van der Waals surface area contributed by atoms with Crippen LogP contribution in [0.5, 0.6) is 0 Å². The molecule has 250 valence electrons. The second-order valence-electron chi connectivity index (χ2n) is 14.5. The number of para-hydroxylation sites is 3. The normalized spacial score (nSPS) is 13.2. The van der Waals surface area contributed by atoms with Crippen molar-refractivity contribution in [3.05, 3.63) is 175 Å². The zero-order chi connectivity index (χ0) is 35.3. The number of hydrogen-bond donors (Lipinski definition) is 0. The molecule has 1 aliphatic carbocycles. The van der Waals surface area contributed by atoms with Crippen molar-refractivity contribution in [1.29, 1.82) is 0 Å². The molecule has 10 aromatic rings. The molecular formula is C48H33N5. The molecule has 0 saturated carbocycles. The molecule has 0 bridgehead atoms. The van der Waals surface area contributed by atoms with Gasteiger partial charge in [0.2, 0.25) is 5.95 Å². The maximum atomic E-state index is 5.38. The van der Waals surface area contributed by atoms with E-state index in [0.717, 1.165) is 49.7 Å². The minimum atomic E-state index is -0.147. The van der Waals surface area contributed by atoms with E-state index in [0.29, 0.717) is 17.6 Å². The molecule has 0 atom stereocenters. The minimum Gasteiger partial charge on any atom is -0.309 e. The Kier molecular flexibility index (Phi) is 6.23. The Morgan fingerprint density at radius 3 is 1.85 bits per heavy atom. The van der Waals surface area contributed by atoms with Crippen LogP contribution in [0.4, 0.5) is 0 Å². The average molecular weight is 680 g/mol. The molecule has 53 heavy (non-hydrogen) atoms. The van der Waals surface area contributed by atoms with E-state index in [4.69, 9.17) is 15.0 Å². The van der Waals surface area contributed by atoms with Gasteiger partial charge in [0.1, 0.15) is 0 Å². The van der Waals surface area contributed by atoms with Gasteiger partial charge >= 0.3 is 0 Å². The lowest BCUT2D eigenvalue weighted by molar-refractivity contribution is 0.660. The Bertz CT molecular complexity index is 3080. The zero-order valence-electron chi connectivity index (χ0n) is 29.3. The summed E-state index contributed by atoms with van der Waals surface area (Å²) in [6, 6.07) is 58.1. The van der Waals surface area contributed by atoms with Crippen molar-refractivity contribution in [3.63, 3.8) is 0 Å². The summed E-state index contributed by atoms with van der Waals surface area (Å²) >= 11 is 0. The van der Waals surface area contributed by atoms with Crippen molar-refractivity contribution in [2.75, 3.05) is 0 Å². The van der Waals surface area contributed by atoms with Gasteiger partial charge < -0.3 is 4.57 Å². The van der Waals surface area contributed by atoms with Gasteiger partial charge in [0, 0.05) is 43.8 Å². The molecule has 0 radical (unpaired) electrons. The van der Waals surface area contributed by atoms with Gasteiger partial charge in [0.15, 0.2) is 11.6 Å². The third-order valence-electron chi connectivity index (χ3n) is 11.2. The van der Waals surface area contributed by atoms with Crippen LogP contribution in [0.3, 0.4) is 0 Å². The Morgan fingerprint density at radius 2 is 1.06 bits per heavy atom. The van der Waals surface area contributed by atoms with Crippen molar-refractivity contribution in [3.8, 4) is 45.5 Å². The quantitative estimate of drug-likeness (QED) is 0.186. The second-order valence-corrected chi connectivity index (χ2v) is 14.5. The van der Waals surface area contributed by atoms with Gasteiger partial charge in [0.25, 0.3) is 0 Å². The first-order valence-corrected chi connectivity index (χ1v) is 18.1. The van der Waals surface area contributed by atoms with Crippen LogP contribution in [0.1, 0.15) is 25.0 Å². The van der Waals surface area contributed by atoms with Gasteiger partial charge in [-0.2, -0.15) is 9.97 Å². The van der Waals surface area contributed by atoms with Gasteiger partial charge in [-0.3, -0.25) is 4.57 Å². The van der Waals surface area contributed by atoms with Crippen molar-refractivity contribution < 1.29 is 0 Å². The van der Waals surface area contributed by atoms with Crippen molar-refractivity contribution in [2.45, 2.75) is 19.3 Å². The van der Waals surface area contributed by atoms with Crippen LogP contribution >= 0.6 is 0 Å². The summed E-state index contributed by atoms with van der Waals surface area (Å²) in [5.41, 5.74) is 12.5. The SMILES string of the molecule is CC1(C)c2ccccc2-c2ccc(-c3nc(-c4ccccc4)nc(-n4c5ccccc5c5ccc6c(c7ccccc7n6-c6ccccc6)c54)n3)cc21. The van der Waals surface area contributed by atoms with E-state index < -0.39 is 0 Å². The highest BCUT2D eigenvalue weighted by Gasteiger charge is 2.35. The van der Waals surface area contributed by atoms with E-state index in [2.05, 4.69) is 169 Å². The summed E-state index contributed by atoms with van der Waals surface area (Å²) in [5.74, 6) is 1.87. The fourth-order valence-corrected chi connectivity index (χ4v) is 8.73. The zero-order valence-corrected chi connectivity index (χ0v) is 29.3. The van der Waals surface area contributed by atoms with Crippen molar-refractivity contribution >= 4 is 43.6 Å². The molecule has 0 saturated heterocycles. The standard InChI is InChI=1S/C48H33N5/c1-48(2)38-22-12-9-19-33(38)34-26-25-31(29-39(34)48)46-49-45(30-15-5-3-6-16-30)50-47(51-46)53-40-23-13-10-20-35(40)36-27-28-42-43(44(36)53)37-21-11-14-24-41(37)52(42)32-17-7-4-8-18-32/h3-29H,1-2H3. The van der Waals surface area contributed by atoms with E-state index in [1.54, 1.807) is 0 Å². The monoisotopic (exact) mass is 679 g/mol. The number of nitrogens with zero attached hydrogens (tertiary/aromatic N) is 5. The Hall–Kier alpha value is -6.85. The third kappa shape index (κ3) is 4.28. The number of fused-ring (bicyclic) bond motifs is 10. The topological polar surface area (TPSA) is 48.5 Å². The first-order valence-electron chi connectivity index (χ1n) is 18.1. The Labute approximate surface area is 306 Å². The fraction of sp³-hybridized carbons (Fsp3) is 0.0625. The Morgan fingerprint density at radius 1 is 0.434 bits per heavy atom. The van der Waals surface area contributed by atoms with Gasteiger partial charge in [-0.05, 0) is 58.7 Å². The second kappa shape index (κ2) is 11.1. The number of hydrogen-bond acceptors (Lipinski definition) is 3. The van der Waals surface area contributed by atoms with Crippen LogP contribution in [0.15, 0.2) is 164 Å². The molecule has 0 N–H and O–H groups in total. The van der Waals surface area contributed by atoms with Gasteiger partial charge in [0.05, 0.1) is 22.1 Å². The summed E-state index contributed by atoms with van der Waals surface area (Å²) in [4.78, 5) is 15.9. The molecule has 0 fully saturated rings. The first kappa shape index (κ1) is 29.8. The van der Waals surface area contributed by atoms with Gasteiger partial charge in [-0.25, -0.2) is 4.98 Å². The largest absolute Gasteiger partial charge is 0.309 e. The van der Waals surface area contributed by atoms with E-state index in [-0.39, 0.29) is 5.41 Å². The summed E-state index contributed by atoms with van der Waals surface area (Å²) < 4.78 is 4.63. The molecule has 1 aliphatic rings. The maximum Gasteiger partial charge on any atom is 0.238 e. The summed E-state index contributed by atoms with van der Waals surface area (Å²) in [5, 5.41) is 4.66. The molecule has 0 aliphatic heterocycles. The number of rotatable bonds is 4. The molecule has 5 nitrogen and oxygen atoms in total. The molecule has 7 aromatic carbocycles. The molecule has 0 unspecified atom stereocenters. The highest BCUT2D eigenvalue weighted by molar-refractivity contribution is 6.26. The molecule has 3 aromatic heterocycles. The van der Waals surface area contributed by atoms with Gasteiger partial charge in [-0.1, -0.05) is 141 Å². The summed E-state index contributed by atoms with van der Waals surface area (Å²) in [7, 11) is 0. The van der Waals surface area contributed by atoms with Crippen LogP contribution in [0.2, 0.25) is 0 Å². The first-order chi connectivity index (χ1) is 26.1. The molecule has 0 amide bonds. The molecule has 11 rings (SSSR count). The molecule has 0 spiro atoms. The van der Waals surface area contributed by atoms with E-state index in [9.17, 15) is 0 Å². The van der Waals surface area contributed by atoms with E-state index >= 15 is 0 Å². The lowest BCUT2D eigenvalue weighted by Crippen LogP contribution is -2.15. The smallest absolute Gasteiger partial charge is 0.238 e. The Balaban J connectivity index is 1.24. The van der Waals surface area contributed by atoms with Crippen molar-refractivity contribution in [1.82, 2.24) is 24.1 Å². The average Bonchev–Trinajstić information content (AvgIpc) is 3.81. The van der Waals surface area contributed by atoms with Crippen molar-refractivity contribution in [2.24, 2.45) is 0 Å². The highest BCUT2D eigenvalue weighted by Crippen LogP contribution is 2.49. The predicted molar refractivity (Wildman–Crippen MR) is 217 cm³/mol. The highest BCUT2D eigenvalue weighted by atomic mass is 15.2. The van der Waals surface area contributed by atoms with Gasteiger partial charge in [-0.15, -0.1) is 0 Å². The van der Waals surface area contributed by atoms with E-state index in [1.807, 2.05) is 18.2 Å². The lowest BCUT2D eigenvalue weighted by Gasteiger charge is -2.21. The van der Waals surface area contributed by atoms with Crippen LogP contribution < -0.4 is 0 Å². The van der Waals surface area contributed by atoms with Crippen LogP contribution in [-0.2, 0) is 5.41 Å². The number of benzene rings is 7. The minimum absolute atomic E-state index is 0.147. The van der Waals surface area contributed by atoms with Crippen LogP contribution in [0, 0.1) is 0 Å². The third-order valence-corrected chi connectivity index (χ3v) is 11.2. The predicted octanol–water partition coefficient (Wildman–Crippen LogP) is 11.7. The van der Waals surface area contributed by atoms with Crippen LogP contribution in [0.25, 0.3) is 89.2 Å². The maximum absolute atomic E-state index is 5.38. The fourth-order valence-electron chi connectivity index (χ4n) is 8.73. The summed E-state index contributed by atoms with van der Waals surface area (Å²) in [6.07, 6.45) is 0. The van der Waals surface area contributed by atoms with E-state index in [1.165, 1.54) is 33.0 Å². The molecular weight excluding hydrogens is 647 g/mol. The summed E-state index contributed by atoms with van der Waals surface area (Å²) in [6.45, 7) is 4.62. The molecule has 5 heteroatoms. The number of aromatic nitrogens is 5.